The average Bonchev–Trinajstić information content (AvgIpc) is 3.04. The minimum atomic E-state index is -0.681. The number of benzene rings is 1. The quantitative estimate of drug-likeness (QED) is 0.472. The van der Waals surface area contributed by atoms with Crippen molar-refractivity contribution >= 4 is 28.6 Å². The normalized spacial score (nSPS) is 10.8. The second-order valence-corrected chi connectivity index (χ2v) is 6.87. The highest BCUT2D eigenvalue weighted by molar-refractivity contribution is 5.98. The molecule has 1 aromatic carbocycles. The molecule has 0 radical (unpaired) electrons. The maximum absolute atomic E-state index is 12.5. The zero-order valence-corrected chi connectivity index (χ0v) is 17.6. The lowest BCUT2D eigenvalue weighted by Gasteiger charge is -2.12. The van der Waals surface area contributed by atoms with E-state index < -0.39 is 5.97 Å². The van der Waals surface area contributed by atoms with Crippen molar-refractivity contribution in [2.24, 2.45) is 7.05 Å². The Balaban J connectivity index is 1.80. The number of phenols is 1. The molecule has 0 atom stereocenters. The van der Waals surface area contributed by atoms with Crippen LogP contribution in [-0.2, 0) is 23.0 Å². The van der Waals surface area contributed by atoms with Crippen molar-refractivity contribution in [2.75, 3.05) is 19.5 Å². The number of esters is 1. The summed E-state index contributed by atoms with van der Waals surface area (Å²) in [6, 6.07) is 4.50. The van der Waals surface area contributed by atoms with E-state index in [2.05, 4.69) is 20.1 Å². The van der Waals surface area contributed by atoms with Gasteiger partial charge in [0.2, 0.25) is 11.8 Å². The summed E-state index contributed by atoms with van der Waals surface area (Å²) in [6.45, 7) is 3.85. The molecule has 0 unspecified atom stereocenters. The van der Waals surface area contributed by atoms with E-state index in [0.717, 1.165) is 27.9 Å². The van der Waals surface area contributed by atoms with Crippen LogP contribution in [0.1, 0.15) is 33.6 Å². The molecular formula is C21H24N4O5. The number of fused-ring (bicyclic) bond motifs is 1. The molecule has 0 aliphatic heterocycles. The van der Waals surface area contributed by atoms with Crippen LogP contribution in [0.15, 0.2) is 18.2 Å². The first-order valence-corrected chi connectivity index (χ1v) is 9.35. The molecule has 0 aliphatic carbocycles. The maximum Gasteiger partial charge on any atom is 0.341 e. The van der Waals surface area contributed by atoms with Crippen molar-refractivity contribution < 1.29 is 24.2 Å². The lowest BCUT2D eigenvalue weighted by Crippen LogP contribution is -2.14. The van der Waals surface area contributed by atoms with Crippen LogP contribution in [0.25, 0.3) is 11.0 Å². The van der Waals surface area contributed by atoms with Crippen molar-refractivity contribution in [1.29, 1.82) is 0 Å². The predicted octanol–water partition coefficient (Wildman–Crippen LogP) is 2.66. The van der Waals surface area contributed by atoms with Crippen LogP contribution in [0.5, 0.6) is 11.6 Å². The minimum Gasteiger partial charge on any atom is -0.505 e. The summed E-state index contributed by atoms with van der Waals surface area (Å²) in [6.07, 6.45) is 0.612. The molecule has 9 nitrogen and oxygen atoms in total. The molecule has 0 aliphatic rings. The average molecular weight is 412 g/mol. The molecule has 3 rings (SSSR count). The van der Waals surface area contributed by atoms with Gasteiger partial charge >= 0.3 is 5.97 Å². The number of aryl methyl sites for hydroxylation is 3. The van der Waals surface area contributed by atoms with Crippen molar-refractivity contribution in [3.05, 3.63) is 40.6 Å². The Morgan fingerprint density at radius 2 is 1.97 bits per heavy atom. The Labute approximate surface area is 173 Å². The summed E-state index contributed by atoms with van der Waals surface area (Å²) in [5.74, 6) is -0.815. The molecule has 3 aromatic rings. The van der Waals surface area contributed by atoms with Gasteiger partial charge < -0.3 is 19.9 Å². The standard InChI is InChI=1S/C21H24N4O5/c1-11-13(12(2)22-19-17(11)20(29-4)24-25(19)3)9-10-16(26)23-15-8-6-7-14(18(15)27)21(28)30-5/h6-8,27H,9-10H2,1-5H3,(H,23,26). The van der Waals surface area contributed by atoms with Gasteiger partial charge in [0.1, 0.15) is 5.56 Å². The first kappa shape index (κ1) is 21.1. The second kappa shape index (κ2) is 8.40. The van der Waals surface area contributed by atoms with Crippen molar-refractivity contribution in [3.63, 3.8) is 0 Å². The number of aromatic nitrogens is 3. The van der Waals surface area contributed by atoms with Gasteiger partial charge in [-0.15, -0.1) is 5.10 Å². The maximum atomic E-state index is 12.5. The van der Waals surface area contributed by atoms with Gasteiger partial charge in [0.25, 0.3) is 0 Å². The third kappa shape index (κ3) is 3.78. The largest absolute Gasteiger partial charge is 0.505 e. The van der Waals surface area contributed by atoms with Gasteiger partial charge in [0, 0.05) is 19.2 Å². The first-order valence-electron chi connectivity index (χ1n) is 9.35. The number of ether oxygens (including phenoxy) is 2. The lowest BCUT2D eigenvalue weighted by atomic mass is 10.00. The zero-order valence-electron chi connectivity index (χ0n) is 17.6. The van der Waals surface area contributed by atoms with Crippen molar-refractivity contribution in [1.82, 2.24) is 14.8 Å². The van der Waals surface area contributed by atoms with E-state index in [1.54, 1.807) is 24.9 Å². The Morgan fingerprint density at radius 3 is 2.63 bits per heavy atom. The lowest BCUT2D eigenvalue weighted by molar-refractivity contribution is -0.116. The molecule has 2 N–H and O–H groups in total. The van der Waals surface area contributed by atoms with Gasteiger partial charge in [-0.1, -0.05) is 6.07 Å². The van der Waals surface area contributed by atoms with E-state index in [-0.39, 0.29) is 29.3 Å². The van der Waals surface area contributed by atoms with Gasteiger partial charge in [-0.2, -0.15) is 0 Å². The Morgan fingerprint density at radius 1 is 1.23 bits per heavy atom. The Hall–Kier alpha value is -3.62. The number of carbonyl (C=O) groups is 2. The number of nitrogens with zero attached hydrogens (tertiary/aromatic N) is 3. The van der Waals surface area contributed by atoms with E-state index in [4.69, 9.17) is 4.74 Å². The summed E-state index contributed by atoms with van der Waals surface area (Å²) in [5, 5.41) is 18.0. The fourth-order valence-electron chi connectivity index (χ4n) is 3.48. The number of anilines is 1. The number of rotatable bonds is 6. The molecule has 158 valence electrons. The number of hydrogen-bond donors (Lipinski definition) is 2. The molecule has 0 spiro atoms. The number of hydrogen-bond acceptors (Lipinski definition) is 7. The van der Waals surface area contributed by atoms with E-state index >= 15 is 0 Å². The van der Waals surface area contributed by atoms with E-state index in [1.165, 1.54) is 19.2 Å². The molecule has 0 saturated carbocycles. The van der Waals surface area contributed by atoms with E-state index in [9.17, 15) is 14.7 Å². The van der Waals surface area contributed by atoms with Gasteiger partial charge in [0.15, 0.2) is 11.4 Å². The van der Waals surface area contributed by atoms with Crippen LogP contribution >= 0.6 is 0 Å². The summed E-state index contributed by atoms with van der Waals surface area (Å²) in [7, 11) is 4.59. The summed E-state index contributed by atoms with van der Waals surface area (Å²) < 4.78 is 11.7. The van der Waals surface area contributed by atoms with E-state index in [0.29, 0.717) is 12.3 Å². The molecule has 1 amide bonds. The molecule has 0 saturated heterocycles. The molecule has 0 fully saturated rings. The minimum absolute atomic E-state index is 0.0136. The number of aromatic hydroxyl groups is 1. The highest BCUT2D eigenvalue weighted by Crippen LogP contribution is 2.31. The topological polar surface area (TPSA) is 116 Å². The Bertz CT molecular complexity index is 1140. The van der Waals surface area contributed by atoms with Crippen LogP contribution in [0, 0.1) is 13.8 Å². The fourth-order valence-corrected chi connectivity index (χ4v) is 3.48. The summed E-state index contributed by atoms with van der Waals surface area (Å²) >= 11 is 0. The summed E-state index contributed by atoms with van der Waals surface area (Å²) in [5.41, 5.74) is 3.58. The van der Waals surface area contributed by atoms with Crippen molar-refractivity contribution in [2.45, 2.75) is 26.7 Å². The zero-order chi connectivity index (χ0) is 22.0. The third-order valence-electron chi connectivity index (χ3n) is 5.03. The van der Waals surface area contributed by atoms with Crippen LogP contribution < -0.4 is 10.1 Å². The number of pyridine rings is 1. The number of methoxy groups -OCH3 is 2. The summed E-state index contributed by atoms with van der Waals surface area (Å²) in [4.78, 5) is 28.8. The van der Waals surface area contributed by atoms with Crippen LogP contribution in [0.3, 0.4) is 0 Å². The SMILES string of the molecule is COC(=O)c1cccc(NC(=O)CCc2c(C)nc3c(c(OC)nn3C)c2C)c1O. The third-order valence-corrected chi connectivity index (χ3v) is 5.03. The highest BCUT2D eigenvalue weighted by atomic mass is 16.5. The molecule has 0 bridgehead atoms. The molecule has 30 heavy (non-hydrogen) atoms. The molecule has 9 heteroatoms. The number of para-hydroxylation sites is 1. The predicted molar refractivity (Wildman–Crippen MR) is 111 cm³/mol. The molecule has 2 aromatic heterocycles. The molecular weight excluding hydrogens is 388 g/mol. The monoisotopic (exact) mass is 412 g/mol. The number of amides is 1. The smallest absolute Gasteiger partial charge is 0.341 e. The number of carbonyl (C=O) groups excluding carboxylic acids is 2. The Kier molecular flexibility index (Phi) is 5.91. The molecule has 2 heterocycles. The number of nitrogens with one attached hydrogen (secondary N) is 1. The van der Waals surface area contributed by atoms with Crippen LogP contribution in [0.4, 0.5) is 5.69 Å². The highest BCUT2D eigenvalue weighted by Gasteiger charge is 2.19. The van der Waals surface area contributed by atoms with Gasteiger partial charge in [-0.25, -0.2) is 14.5 Å². The number of phenolic OH excluding ortho intramolecular Hbond substituents is 1. The second-order valence-electron chi connectivity index (χ2n) is 6.87. The van der Waals surface area contributed by atoms with Crippen molar-refractivity contribution in [3.8, 4) is 11.6 Å². The fraction of sp³-hybridized carbons (Fsp3) is 0.333. The van der Waals surface area contributed by atoms with Crippen LogP contribution in [-0.4, -0.2) is 46.0 Å². The van der Waals surface area contributed by atoms with Gasteiger partial charge in [0.05, 0.1) is 25.3 Å². The van der Waals surface area contributed by atoms with Crippen LogP contribution in [0.2, 0.25) is 0 Å². The van der Waals surface area contributed by atoms with E-state index in [1.807, 2.05) is 13.8 Å². The van der Waals surface area contributed by atoms with Gasteiger partial charge in [-0.3, -0.25) is 4.79 Å². The first-order chi connectivity index (χ1) is 14.3. The van der Waals surface area contributed by atoms with Gasteiger partial charge in [-0.05, 0) is 43.5 Å².